The molecule has 13 heavy (non-hydrogen) atoms. The summed E-state index contributed by atoms with van der Waals surface area (Å²) in [6.45, 7) is 6.56. The maximum Gasteiger partial charge on any atom is 0.0630 e. The van der Waals surface area contributed by atoms with E-state index in [4.69, 9.17) is 0 Å². The highest BCUT2D eigenvalue weighted by Crippen LogP contribution is 2.14. The molecule has 0 aromatic rings. The van der Waals surface area contributed by atoms with E-state index in [1.54, 1.807) is 0 Å². The van der Waals surface area contributed by atoms with E-state index in [-0.39, 0.29) is 6.10 Å². The number of unbranched alkanes of at least 4 members (excludes halogenated alkanes) is 3. The largest absolute Gasteiger partial charge is 0.392 e. The Labute approximate surface area is 87.3 Å². The molecule has 0 aromatic carbocycles. The molecule has 0 aliphatic rings. The van der Waals surface area contributed by atoms with E-state index in [0.29, 0.717) is 5.25 Å². The second-order valence-corrected chi connectivity index (χ2v) is 5.49. The lowest BCUT2D eigenvalue weighted by atomic mass is 10.1. The molecule has 0 radical (unpaired) electrons. The van der Waals surface area contributed by atoms with Crippen LogP contribution in [0.3, 0.4) is 0 Å². The number of rotatable bonds is 8. The van der Waals surface area contributed by atoms with Crippen LogP contribution in [0.15, 0.2) is 0 Å². The van der Waals surface area contributed by atoms with Gasteiger partial charge in [-0.2, -0.15) is 11.8 Å². The molecule has 0 saturated carbocycles. The van der Waals surface area contributed by atoms with Crippen LogP contribution in [-0.4, -0.2) is 22.2 Å². The third kappa shape index (κ3) is 10.2. The van der Waals surface area contributed by atoms with Crippen molar-refractivity contribution in [2.24, 2.45) is 0 Å². The highest BCUT2D eigenvalue weighted by atomic mass is 32.2. The van der Waals surface area contributed by atoms with Crippen molar-refractivity contribution in [1.82, 2.24) is 0 Å². The van der Waals surface area contributed by atoms with Gasteiger partial charge in [-0.25, -0.2) is 0 Å². The predicted octanol–water partition coefficient (Wildman–Crippen LogP) is 3.46. The number of aliphatic hydroxyl groups excluding tert-OH is 1. The van der Waals surface area contributed by atoms with Gasteiger partial charge in [-0.1, -0.05) is 46.5 Å². The standard InChI is InChI=1S/C11H24OS/c1-4-5-6-7-8-11(12)9-13-10(2)3/h10-12H,4-9H2,1-3H3. The number of hydrogen-bond donors (Lipinski definition) is 1. The summed E-state index contributed by atoms with van der Waals surface area (Å²) in [7, 11) is 0. The van der Waals surface area contributed by atoms with E-state index in [1.807, 2.05) is 11.8 Å². The van der Waals surface area contributed by atoms with Crippen LogP contribution >= 0.6 is 11.8 Å². The zero-order chi connectivity index (χ0) is 10.1. The van der Waals surface area contributed by atoms with Crippen LogP contribution in [0, 0.1) is 0 Å². The fourth-order valence-corrected chi connectivity index (χ4v) is 1.97. The minimum absolute atomic E-state index is 0.0794. The maximum atomic E-state index is 9.58. The van der Waals surface area contributed by atoms with Gasteiger partial charge in [0.15, 0.2) is 0 Å². The summed E-state index contributed by atoms with van der Waals surface area (Å²) in [5, 5.41) is 10.2. The zero-order valence-electron chi connectivity index (χ0n) is 9.25. The molecule has 0 aliphatic heterocycles. The Bertz CT molecular complexity index is 104. The molecule has 0 saturated heterocycles. The van der Waals surface area contributed by atoms with Gasteiger partial charge in [0.05, 0.1) is 6.10 Å². The van der Waals surface area contributed by atoms with Gasteiger partial charge < -0.3 is 5.11 Å². The van der Waals surface area contributed by atoms with Gasteiger partial charge >= 0.3 is 0 Å². The van der Waals surface area contributed by atoms with Crippen LogP contribution in [0.25, 0.3) is 0 Å². The maximum absolute atomic E-state index is 9.58. The summed E-state index contributed by atoms with van der Waals surface area (Å²) in [6, 6.07) is 0. The van der Waals surface area contributed by atoms with E-state index in [0.717, 1.165) is 12.2 Å². The molecule has 1 atom stereocenters. The first-order chi connectivity index (χ1) is 6.16. The normalized spacial score (nSPS) is 13.6. The molecule has 1 nitrogen and oxygen atoms in total. The van der Waals surface area contributed by atoms with Crippen molar-refractivity contribution in [2.45, 2.75) is 64.2 Å². The minimum atomic E-state index is -0.0794. The summed E-state index contributed by atoms with van der Waals surface area (Å²) in [4.78, 5) is 0. The van der Waals surface area contributed by atoms with E-state index >= 15 is 0 Å². The van der Waals surface area contributed by atoms with Crippen molar-refractivity contribution in [3.8, 4) is 0 Å². The Hall–Kier alpha value is 0.310. The zero-order valence-corrected chi connectivity index (χ0v) is 10.1. The average molecular weight is 204 g/mol. The fourth-order valence-electron chi connectivity index (χ4n) is 1.19. The van der Waals surface area contributed by atoms with Crippen LogP contribution in [0.5, 0.6) is 0 Å². The Morgan fingerprint density at radius 2 is 1.85 bits per heavy atom. The highest BCUT2D eigenvalue weighted by molar-refractivity contribution is 7.99. The highest BCUT2D eigenvalue weighted by Gasteiger charge is 2.04. The van der Waals surface area contributed by atoms with Gasteiger partial charge in [0, 0.05) is 5.75 Å². The topological polar surface area (TPSA) is 20.2 Å². The Kier molecular flexibility index (Phi) is 9.10. The summed E-state index contributed by atoms with van der Waals surface area (Å²) in [6.07, 6.45) is 5.96. The predicted molar refractivity (Wildman–Crippen MR) is 62.4 cm³/mol. The van der Waals surface area contributed by atoms with Crippen LogP contribution in [-0.2, 0) is 0 Å². The van der Waals surface area contributed by atoms with Crippen molar-refractivity contribution in [1.29, 1.82) is 0 Å². The van der Waals surface area contributed by atoms with Gasteiger partial charge in [-0.3, -0.25) is 0 Å². The molecule has 0 aliphatic carbocycles. The first-order valence-corrected chi connectivity index (χ1v) is 6.51. The molecule has 1 unspecified atom stereocenters. The Morgan fingerprint density at radius 3 is 2.38 bits per heavy atom. The number of thioether (sulfide) groups is 1. The van der Waals surface area contributed by atoms with Crippen LogP contribution in [0.1, 0.15) is 52.9 Å². The quantitative estimate of drug-likeness (QED) is 0.611. The first-order valence-electron chi connectivity index (χ1n) is 5.46. The molecule has 0 heterocycles. The third-order valence-electron chi connectivity index (χ3n) is 2.01. The average Bonchev–Trinajstić information content (AvgIpc) is 2.09. The molecule has 0 bridgehead atoms. The van der Waals surface area contributed by atoms with Crippen molar-refractivity contribution >= 4 is 11.8 Å². The third-order valence-corrected chi connectivity index (χ3v) is 3.26. The Morgan fingerprint density at radius 1 is 1.15 bits per heavy atom. The lowest BCUT2D eigenvalue weighted by Crippen LogP contribution is -2.11. The molecule has 0 aromatic heterocycles. The fraction of sp³-hybridized carbons (Fsp3) is 1.00. The van der Waals surface area contributed by atoms with Crippen LogP contribution in [0.4, 0.5) is 0 Å². The van der Waals surface area contributed by atoms with E-state index in [1.165, 1.54) is 25.7 Å². The molecule has 1 N–H and O–H groups in total. The molecule has 80 valence electrons. The van der Waals surface area contributed by atoms with E-state index < -0.39 is 0 Å². The van der Waals surface area contributed by atoms with Crippen molar-refractivity contribution in [3.63, 3.8) is 0 Å². The van der Waals surface area contributed by atoms with Crippen molar-refractivity contribution < 1.29 is 5.11 Å². The molecular formula is C11H24OS. The SMILES string of the molecule is CCCCCCC(O)CSC(C)C. The van der Waals surface area contributed by atoms with E-state index in [2.05, 4.69) is 20.8 Å². The monoisotopic (exact) mass is 204 g/mol. The summed E-state index contributed by atoms with van der Waals surface area (Å²) in [5.74, 6) is 0.907. The molecule has 0 spiro atoms. The van der Waals surface area contributed by atoms with E-state index in [9.17, 15) is 5.11 Å². The second kappa shape index (κ2) is 8.89. The van der Waals surface area contributed by atoms with Gasteiger partial charge in [-0.05, 0) is 11.7 Å². The molecule has 0 fully saturated rings. The lowest BCUT2D eigenvalue weighted by Gasteiger charge is -2.11. The summed E-state index contributed by atoms with van der Waals surface area (Å²) in [5.41, 5.74) is 0. The Balaban J connectivity index is 3.15. The first kappa shape index (κ1) is 13.3. The summed E-state index contributed by atoms with van der Waals surface area (Å²) < 4.78 is 0. The van der Waals surface area contributed by atoms with Gasteiger partial charge in [-0.15, -0.1) is 0 Å². The lowest BCUT2D eigenvalue weighted by molar-refractivity contribution is 0.185. The molecular weight excluding hydrogens is 180 g/mol. The molecule has 2 heteroatoms. The van der Waals surface area contributed by atoms with Crippen molar-refractivity contribution in [3.05, 3.63) is 0 Å². The van der Waals surface area contributed by atoms with Gasteiger partial charge in [0.25, 0.3) is 0 Å². The summed E-state index contributed by atoms with van der Waals surface area (Å²) >= 11 is 1.85. The van der Waals surface area contributed by atoms with Crippen LogP contribution in [0.2, 0.25) is 0 Å². The smallest absolute Gasteiger partial charge is 0.0630 e. The molecule has 0 rings (SSSR count). The van der Waals surface area contributed by atoms with Crippen LogP contribution < -0.4 is 0 Å². The number of aliphatic hydroxyl groups is 1. The second-order valence-electron chi connectivity index (χ2n) is 3.89. The van der Waals surface area contributed by atoms with Gasteiger partial charge in [0.2, 0.25) is 0 Å². The van der Waals surface area contributed by atoms with Crippen molar-refractivity contribution in [2.75, 3.05) is 5.75 Å². The number of hydrogen-bond acceptors (Lipinski definition) is 2. The molecule has 0 amide bonds. The minimum Gasteiger partial charge on any atom is -0.392 e. The van der Waals surface area contributed by atoms with Gasteiger partial charge in [0.1, 0.15) is 0 Å².